The van der Waals surface area contributed by atoms with Crippen LogP contribution in [0.4, 0.5) is 0 Å². The molecular formula is C13H11Br2NO5. The Hall–Kier alpha value is -1.67. The van der Waals surface area contributed by atoms with Gasteiger partial charge in [0.05, 0.1) is 4.47 Å². The van der Waals surface area contributed by atoms with Crippen LogP contribution >= 0.6 is 31.9 Å². The maximum atomic E-state index is 11.1. The SMILES string of the molecule is CC(=O)N/C(=C\c1cc(Br)c(OC(C)=O)cc1Br)C(=O)O. The number of amides is 1. The molecule has 0 atom stereocenters. The Kier molecular flexibility index (Phi) is 6.10. The predicted molar refractivity (Wildman–Crippen MR) is 82.6 cm³/mol. The molecule has 1 aromatic rings. The van der Waals surface area contributed by atoms with Gasteiger partial charge in [0.25, 0.3) is 0 Å². The number of carboxylic acids is 1. The largest absolute Gasteiger partial charge is 0.477 e. The average Bonchev–Trinajstić information content (AvgIpc) is 2.33. The molecule has 0 saturated heterocycles. The van der Waals surface area contributed by atoms with E-state index in [1.54, 1.807) is 6.07 Å². The highest BCUT2D eigenvalue weighted by molar-refractivity contribution is 9.11. The Balaban J connectivity index is 3.24. The molecule has 112 valence electrons. The van der Waals surface area contributed by atoms with Gasteiger partial charge >= 0.3 is 11.9 Å². The number of hydrogen-bond donors (Lipinski definition) is 2. The fourth-order valence-electron chi connectivity index (χ4n) is 1.38. The summed E-state index contributed by atoms with van der Waals surface area (Å²) in [5.74, 6) is -1.94. The normalized spacial score (nSPS) is 11.0. The van der Waals surface area contributed by atoms with Crippen LogP contribution in [0.5, 0.6) is 5.75 Å². The number of aliphatic carboxylic acids is 1. The highest BCUT2D eigenvalue weighted by atomic mass is 79.9. The lowest BCUT2D eigenvalue weighted by molar-refractivity contribution is -0.134. The van der Waals surface area contributed by atoms with Crippen LogP contribution < -0.4 is 10.1 Å². The van der Waals surface area contributed by atoms with Crippen molar-refractivity contribution in [3.05, 3.63) is 32.3 Å². The summed E-state index contributed by atoms with van der Waals surface area (Å²) in [4.78, 5) is 33.0. The van der Waals surface area contributed by atoms with Crippen LogP contribution in [-0.2, 0) is 14.4 Å². The van der Waals surface area contributed by atoms with Crippen molar-refractivity contribution in [2.45, 2.75) is 13.8 Å². The highest BCUT2D eigenvalue weighted by Crippen LogP contribution is 2.32. The Morgan fingerprint density at radius 1 is 1.19 bits per heavy atom. The minimum Gasteiger partial charge on any atom is -0.477 e. The van der Waals surface area contributed by atoms with Crippen molar-refractivity contribution in [2.24, 2.45) is 0 Å². The maximum Gasteiger partial charge on any atom is 0.352 e. The van der Waals surface area contributed by atoms with Crippen molar-refractivity contribution in [1.29, 1.82) is 0 Å². The van der Waals surface area contributed by atoms with Gasteiger partial charge in [-0.1, -0.05) is 15.9 Å². The van der Waals surface area contributed by atoms with Gasteiger partial charge in [0.1, 0.15) is 11.4 Å². The van der Waals surface area contributed by atoms with Crippen LogP contribution in [0.15, 0.2) is 26.8 Å². The fraction of sp³-hybridized carbons (Fsp3) is 0.154. The molecule has 0 unspecified atom stereocenters. The van der Waals surface area contributed by atoms with E-state index in [9.17, 15) is 14.4 Å². The van der Waals surface area contributed by atoms with E-state index in [0.29, 0.717) is 20.3 Å². The zero-order valence-electron chi connectivity index (χ0n) is 11.1. The van der Waals surface area contributed by atoms with E-state index in [2.05, 4.69) is 37.2 Å². The number of ether oxygens (including phenoxy) is 1. The third-order valence-electron chi connectivity index (χ3n) is 2.15. The predicted octanol–water partition coefficient (Wildman–Crippen LogP) is 2.70. The monoisotopic (exact) mass is 419 g/mol. The van der Waals surface area contributed by atoms with Crippen molar-refractivity contribution in [2.75, 3.05) is 0 Å². The molecule has 1 rings (SSSR count). The fourth-order valence-corrected chi connectivity index (χ4v) is 2.26. The quantitative estimate of drug-likeness (QED) is 0.443. The van der Waals surface area contributed by atoms with Crippen LogP contribution in [0.25, 0.3) is 6.08 Å². The first kappa shape index (κ1) is 17.4. The number of halogens is 2. The summed E-state index contributed by atoms with van der Waals surface area (Å²) in [6.07, 6.45) is 1.29. The van der Waals surface area contributed by atoms with Gasteiger partial charge in [-0.25, -0.2) is 4.79 Å². The second-order valence-electron chi connectivity index (χ2n) is 3.94. The van der Waals surface area contributed by atoms with Gasteiger partial charge in [-0.15, -0.1) is 0 Å². The van der Waals surface area contributed by atoms with Crippen LogP contribution in [-0.4, -0.2) is 23.0 Å². The van der Waals surface area contributed by atoms with Crippen molar-refractivity contribution >= 4 is 55.8 Å². The van der Waals surface area contributed by atoms with E-state index in [-0.39, 0.29) is 5.70 Å². The van der Waals surface area contributed by atoms with Crippen molar-refractivity contribution < 1.29 is 24.2 Å². The number of carboxylic acid groups (broad SMARTS) is 1. The highest BCUT2D eigenvalue weighted by Gasteiger charge is 2.13. The molecule has 0 aliphatic rings. The summed E-state index contributed by atoms with van der Waals surface area (Å²) >= 11 is 6.48. The standard InChI is InChI=1S/C13H11Br2NO5/c1-6(17)16-11(13(19)20)4-8-3-10(15)12(5-9(8)14)21-7(2)18/h3-5H,1-2H3,(H,16,17)(H,19,20)/b11-4-. The van der Waals surface area contributed by atoms with Gasteiger partial charge in [0.15, 0.2) is 0 Å². The van der Waals surface area contributed by atoms with E-state index >= 15 is 0 Å². The van der Waals surface area contributed by atoms with Gasteiger partial charge in [0.2, 0.25) is 5.91 Å². The molecule has 1 aromatic carbocycles. The maximum absolute atomic E-state index is 11.1. The number of esters is 1. The van der Waals surface area contributed by atoms with Gasteiger partial charge in [-0.05, 0) is 39.7 Å². The molecule has 0 aliphatic heterocycles. The van der Waals surface area contributed by atoms with Gasteiger partial charge in [0, 0.05) is 18.3 Å². The Morgan fingerprint density at radius 3 is 2.29 bits per heavy atom. The Labute approximate surface area is 137 Å². The summed E-state index contributed by atoms with van der Waals surface area (Å²) in [7, 11) is 0. The Morgan fingerprint density at radius 2 is 1.81 bits per heavy atom. The number of hydrogen-bond acceptors (Lipinski definition) is 4. The average molecular weight is 421 g/mol. The van der Waals surface area contributed by atoms with Crippen molar-refractivity contribution in [3.63, 3.8) is 0 Å². The zero-order chi connectivity index (χ0) is 16.2. The summed E-state index contributed by atoms with van der Waals surface area (Å²) in [6.45, 7) is 2.49. The van der Waals surface area contributed by atoms with Crippen LogP contribution in [0.2, 0.25) is 0 Å². The smallest absolute Gasteiger partial charge is 0.352 e. The minimum absolute atomic E-state index is 0.268. The lowest BCUT2D eigenvalue weighted by atomic mass is 10.2. The second-order valence-corrected chi connectivity index (χ2v) is 5.65. The van der Waals surface area contributed by atoms with Crippen LogP contribution in [0.1, 0.15) is 19.4 Å². The lowest BCUT2D eigenvalue weighted by Gasteiger charge is -2.09. The number of carbonyl (C=O) groups is 3. The van der Waals surface area contributed by atoms with E-state index in [1.165, 1.54) is 26.0 Å². The number of rotatable bonds is 4. The van der Waals surface area contributed by atoms with E-state index in [1.807, 2.05) is 0 Å². The molecule has 21 heavy (non-hydrogen) atoms. The number of nitrogens with one attached hydrogen (secondary N) is 1. The molecule has 2 N–H and O–H groups in total. The number of carbonyl (C=O) groups excluding carboxylic acids is 2. The summed E-state index contributed by atoms with van der Waals surface area (Å²) < 4.78 is 5.95. The molecule has 6 nitrogen and oxygen atoms in total. The third kappa shape index (κ3) is 5.31. The molecule has 0 aromatic heterocycles. The third-order valence-corrected chi connectivity index (χ3v) is 3.45. The topological polar surface area (TPSA) is 92.7 Å². The van der Waals surface area contributed by atoms with Crippen LogP contribution in [0.3, 0.4) is 0 Å². The van der Waals surface area contributed by atoms with E-state index in [0.717, 1.165) is 0 Å². The van der Waals surface area contributed by atoms with Crippen LogP contribution in [0, 0.1) is 0 Å². The summed E-state index contributed by atoms with van der Waals surface area (Å²) in [5.41, 5.74) is 0.222. The van der Waals surface area contributed by atoms with Gasteiger partial charge in [-0.2, -0.15) is 0 Å². The lowest BCUT2D eigenvalue weighted by Crippen LogP contribution is -2.24. The van der Waals surface area contributed by atoms with Gasteiger partial charge < -0.3 is 15.2 Å². The second kappa shape index (κ2) is 7.37. The molecule has 8 heteroatoms. The summed E-state index contributed by atoms with van der Waals surface area (Å²) in [5, 5.41) is 11.3. The Bertz CT molecular complexity index is 640. The first-order chi connectivity index (χ1) is 9.70. The first-order valence-corrected chi connectivity index (χ1v) is 7.19. The first-order valence-electron chi connectivity index (χ1n) is 5.60. The molecule has 0 radical (unpaired) electrons. The molecule has 0 saturated carbocycles. The van der Waals surface area contributed by atoms with Crippen molar-refractivity contribution in [1.82, 2.24) is 5.32 Å². The number of benzene rings is 1. The molecule has 0 heterocycles. The van der Waals surface area contributed by atoms with Crippen molar-refractivity contribution in [3.8, 4) is 5.75 Å². The molecule has 0 spiro atoms. The summed E-state index contributed by atoms with van der Waals surface area (Å²) in [6, 6.07) is 3.08. The molecule has 0 fully saturated rings. The van der Waals surface area contributed by atoms with Gasteiger partial charge in [-0.3, -0.25) is 9.59 Å². The molecule has 0 aliphatic carbocycles. The van der Waals surface area contributed by atoms with E-state index < -0.39 is 17.8 Å². The van der Waals surface area contributed by atoms with E-state index in [4.69, 9.17) is 9.84 Å². The zero-order valence-corrected chi connectivity index (χ0v) is 14.2. The molecule has 1 amide bonds. The molecule has 0 bridgehead atoms. The molecular weight excluding hydrogens is 410 g/mol. The minimum atomic E-state index is -1.27.